The molecule has 0 bridgehead atoms. The summed E-state index contributed by atoms with van der Waals surface area (Å²) in [4.78, 5) is 11.6. The van der Waals surface area contributed by atoms with E-state index in [1.807, 2.05) is 27.0 Å². The van der Waals surface area contributed by atoms with Crippen molar-refractivity contribution in [3.63, 3.8) is 0 Å². The van der Waals surface area contributed by atoms with Crippen LogP contribution in [0.15, 0.2) is 23.1 Å². The maximum absolute atomic E-state index is 11.6. The van der Waals surface area contributed by atoms with Gasteiger partial charge in [-0.2, -0.15) is 0 Å². The molecule has 0 radical (unpaired) electrons. The normalized spacial score (nSPS) is 11.0. The molecule has 0 atom stereocenters. The average molecular weight is 225 g/mol. The van der Waals surface area contributed by atoms with Gasteiger partial charge in [0.2, 0.25) is 0 Å². The van der Waals surface area contributed by atoms with Crippen LogP contribution in [0.5, 0.6) is 0 Å². The van der Waals surface area contributed by atoms with Gasteiger partial charge in [-0.25, -0.2) is 0 Å². The summed E-state index contributed by atoms with van der Waals surface area (Å²) in [5, 5.41) is 0. The number of pyridine rings is 1. The van der Waals surface area contributed by atoms with Crippen molar-refractivity contribution in [1.29, 1.82) is 0 Å². The van der Waals surface area contributed by atoms with Gasteiger partial charge >= 0.3 is 0 Å². The van der Waals surface area contributed by atoms with Crippen LogP contribution in [0.4, 0.5) is 0 Å². The third-order valence-electron chi connectivity index (χ3n) is 2.18. The number of rotatable bonds is 6. The Morgan fingerprint density at radius 3 is 2.44 bits per heavy atom. The zero-order valence-electron chi connectivity index (χ0n) is 10.1. The Bertz CT molecular complexity index is 367. The quantitative estimate of drug-likeness (QED) is 0.690. The molecule has 1 heterocycles. The summed E-state index contributed by atoms with van der Waals surface area (Å²) in [6.45, 7) is 7.35. The van der Waals surface area contributed by atoms with Crippen LogP contribution in [0.1, 0.15) is 19.4 Å². The Morgan fingerprint density at radius 2 is 1.88 bits per heavy atom. The second kappa shape index (κ2) is 6.45. The van der Waals surface area contributed by atoms with Crippen molar-refractivity contribution >= 4 is 0 Å². The van der Waals surface area contributed by atoms with Crippen LogP contribution < -0.4 is 5.56 Å². The van der Waals surface area contributed by atoms with Crippen molar-refractivity contribution in [1.82, 2.24) is 4.57 Å². The summed E-state index contributed by atoms with van der Waals surface area (Å²) in [6, 6.07) is 3.36. The van der Waals surface area contributed by atoms with Gasteiger partial charge in [-0.05, 0) is 26.3 Å². The zero-order valence-corrected chi connectivity index (χ0v) is 10.1. The Kier molecular flexibility index (Phi) is 5.22. The molecule has 0 N–H and O–H groups in total. The molecule has 4 nitrogen and oxygen atoms in total. The van der Waals surface area contributed by atoms with Crippen LogP contribution >= 0.6 is 0 Å². The van der Waals surface area contributed by atoms with E-state index in [1.165, 1.54) is 0 Å². The molecular formula is C12H19NO3. The molecule has 1 aromatic rings. The number of nitrogens with zero attached hydrogens (tertiary/aromatic N) is 1. The van der Waals surface area contributed by atoms with Crippen molar-refractivity contribution < 1.29 is 9.47 Å². The summed E-state index contributed by atoms with van der Waals surface area (Å²) in [7, 11) is 0. The minimum atomic E-state index is -0.352. The van der Waals surface area contributed by atoms with E-state index < -0.39 is 0 Å². The van der Waals surface area contributed by atoms with E-state index in [4.69, 9.17) is 9.47 Å². The molecule has 0 aromatic carbocycles. The molecule has 0 fully saturated rings. The number of aromatic nitrogens is 1. The van der Waals surface area contributed by atoms with E-state index in [0.717, 1.165) is 5.56 Å². The van der Waals surface area contributed by atoms with Gasteiger partial charge < -0.3 is 14.0 Å². The molecule has 0 saturated heterocycles. The molecule has 0 spiro atoms. The van der Waals surface area contributed by atoms with Gasteiger partial charge in [0, 0.05) is 25.5 Å². The van der Waals surface area contributed by atoms with Gasteiger partial charge in [0.25, 0.3) is 5.56 Å². The zero-order chi connectivity index (χ0) is 12.0. The van der Waals surface area contributed by atoms with Gasteiger partial charge in [-0.1, -0.05) is 6.07 Å². The highest BCUT2D eigenvalue weighted by Gasteiger charge is 2.09. The summed E-state index contributed by atoms with van der Waals surface area (Å²) >= 11 is 0. The lowest BCUT2D eigenvalue weighted by Crippen LogP contribution is -2.29. The fourth-order valence-electron chi connectivity index (χ4n) is 1.48. The van der Waals surface area contributed by atoms with Gasteiger partial charge in [0.15, 0.2) is 6.29 Å². The van der Waals surface area contributed by atoms with E-state index in [2.05, 4.69) is 0 Å². The summed E-state index contributed by atoms with van der Waals surface area (Å²) in [5.74, 6) is 0. The van der Waals surface area contributed by atoms with Crippen LogP contribution in [-0.2, 0) is 16.0 Å². The molecule has 0 amide bonds. The van der Waals surface area contributed by atoms with Crippen LogP contribution in [-0.4, -0.2) is 24.1 Å². The van der Waals surface area contributed by atoms with Crippen molar-refractivity contribution in [3.05, 3.63) is 34.2 Å². The molecule has 0 aliphatic carbocycles. The highest BCUT2D eigenvalue weighted by atomic mass is 16.7. The van der Waals surface area contributed by atoms with Crippen LogP contribution in [0.25, 0.3) is 0 Å². The van der Waals surface area contributed by atoms with Crippen molar-refractivity contribution in [2.45, 2.75) is 33.6 Å². The molecule has 0 unspecified atom stereocenters. The minimum absolute atomic E-state index is 0.0324. The van der Waals surface area contributed by atoms with Crippen molar-refractivity contribution in [2.75, 3.05) is 13.2 Å². The Morgan fingerprint density at radius 1 is 1.25 bits per heavy atom. The largest absolute Gasteiger partial charge is 0.351 e. The van der Waals surface area contributed by atoms with E-state index in [9.17, 15) is 4.79 Å². The van der Waals surface area contributed by atoms with Gasteiger partial charge in [-0.3, -0.25) is 4.79 Å². The SMILES string of the molecule is CCOC(Cn1cc(C)ccc1=O)OCC. The highest BCUT2D eigenvalue weighted by molar-refractivity contribution is 5.07. The first-order valence-corrected chi connectivity index (χ1v) is 5.57. The maximum Gasteiger partial charge on any atom is 0.250 e. The summed E-state index contributed by atoms with van der Waals surface area (Å²) in [5.41, 5.74) is 1.02. The Hall–Kier alpha value is -1.13. The van der Waals surface area contributed by atoms with Gasteiger partial charge in [0.05, 0.1) is 6.54 Å². The predicted molar refractivity (Wildman–Crippen MR) is 62.5 cm³/mol. The van der Waals surface area contributed by atoms with E-state index in [0.29, 0.717) is 19.8 Å². The highest BCUT2D eigenvalue weighted by Crippen LogP contribution is 2.00. The first-order valence-electron chi connectivity index (χ1n) is 5.57. The minimum Gasteiger partial charge on any atom is -0.351 e. The summed E-state index contributed by atoms with van der Waals surface area (Å²) in [6.07, 6.45) is 1.46. The molecule has 1 aromatic heterocycles. The standard InChI is InChI=1S/C12H19NO3/c1-4-15-12(16-5-2)9-13-8-10(3)6-7-11(13)14/h6-8,12H,4-5,9H2,1-3H3. The molecule has 16 heavy (non-hydrogen) atoms. The second-order valence-corrected chi connectivity index (χ2v) is 3.54. The third-order valence-corrected chi connectivity index (χ3v) is 2.18. The van der Waals surface area contributed by atoms with Gasteiger partial charge in [-0.15, -0.1) is 0 Å². The summed E-state index contributed by atoms with van der Waals surface area (Å²) < 4.78 is 12.4. The first-order chi connectivity index (χ1) is 7.67. The lowest BCUT2D eigenvalue weighted by Gasteiger charge is -2.18. The number of hydrogen-bond donors (Lipinski definition) is 0. The van der Waals surface area contributed by atoms with E-state index in [-0.39, 0.29) is 11.8 Å². The Labute approximate surface area is 95.8 Å². The van der Waals surface area contributed by atoms with Crippen LogP contribution in [0, 0.1) is 6.92 Å². The third kappa shape index (κ3) is 3.79. The molecule has 4 heteroatoms. The molecular weight excluding hydrogens is 206 g/mol. The fourth-order valence-corrected chi connectivity index (χ4v) is 1.48. The average Bonchev–Trinajstić information content (AvgIpc) is 2.24. The molecule has 90 valence electrons. The molecule has 0 aliphatic heterocycles. The van der Waals surface area contributed by atoms with E-state index in [1.54, 1.807) is 16.7 Å². The Balaban J connectivity index is 2.75. The fraction of sp³-hybridized carbons (Fsp3) is 0.583. The lowest BCUT2D eigenvalue weighted by atomic mass is 10.3. The van der Waals surface area contributed by atoms with Crippen LogP contribution in [0.3, 0.4) is 0 Å². The molecule has 0 saturated carbocycles. The van der Waals surface area contributed by atoms with Crippen molar-refractivity contribution in [3.8, 4) is 0 Å². The first kappa shape index (κ1) is 12.9. The molecule has 1 rings (SSSR count). The number of aryl methyl sites for hydroxylation is 1. The second-order valence-electron chi connectivity index (χ2n) is 3.54. The number of ether oxygens (including phenoxy) is 2. The van der Waals surface area contributed by atoms with E-state index >= 15 is 0 Å². The smallest absolute Gasteiger partial charge is 0.250 e. The molecule has 0 aliphatic rings. The predicted octanol–water partition coefficient (Wildman–Crippen LogP) is 1.56. The topological polar surface area (TPSA) is 40.5 Å². The van der Waals surface area contributed by atoms with Gasteiger partial charge in [0.1, 0.15) is 0 Å². The van der Waals surface area contributed by atoms with Crippen molar-refractivity contribution in [2.24, 2.45) is 0 Å². The lowest BCUT2D eigenvalue weighted by molar-refractivity contribution is -0.143. The maximum atomic E-state index is 11.6. The van der Waals surface area contributed by atoms with Crippen LogP contribution in [0.2, 0.25) is 0 Å². The number of hydrogen-bond acceptors (Lipinski definition) is 3. The monoisotopic (exact) mass is 225 g/mol.